The molecule has 0 radical (unpaired) electrons. The van der Waals surface area contributed by atoms with Crippen molar-refractivity contribution in [3.05, 3.63) is 35.6 Å². The van der Waals surface area contributed by atoms with Crippen LogP contribution in [0.1, 0.15) is 38.4 Å². The van der Waals surface area contributed by atoms with E-state index in [-0.39, 0.29) is 18.0 Å². The van der Waals surface area contributed by atoms with E-state index in [1.165, 1.54) is 6.07 Å². The Morgan fingerprint density at radius 3 is 2.88 bits per heavy atom. The zero-order valence-electron chi connectivity index (χ0n) is 10.4. The molecule has 3 unspecified atom stereocenters. The van der Waals surface area contributed by atoms with Crippen LogP contribution in [0.25, 0.3) is 0 Å². The van der Waals surface area contributed by atoms with Crippen LogP contribution in [0, 0.1) is 5.82 Å². The van der Waals surface area contributed by atoms with Crippen LogP contribution >= 0.6 is 0 Å². The summed E-state index contributed by atoms with van der Waals surface area (Å²) in [7, 11) is 0. The third kappa shape index (κ3) is 2.85. The average molecular weight is 237 g/mol. The highest BCUT2D eigenvalue weighted by molar-refractivity contribution is 5.21. The number of hydrogen-bond donors (Lipinski definition) is 1. The second kappa shape index (κ2) is 5.61. The van der Waals surface area contributed by atoms with Gasteiger partial charge in [0.25, 0.3) is 0 Å². The lowest BCUT2D eigenvalue weighted by molar-refractivity contribution is 0.0436. The van der Waals surface area contributed by atoms with Crippen molar-refractivity contribution in [3.63, 3.8) is 0 Å². The molecule has 1 heterocycles. The predicted octanol–water partition coefficient (Wildman–Crippen LogP) is 3.04. The molecule has 0 aromatic heterocycles. The first kappa shape index (κ1) is 12.5. The maximum atomic E-state index is 13.8. The van der Waals surface area contributed by atoms with Gasteiger partial charge in [0.05, 0.1) is 0 Å². The van der Waals surface area contributed by atoms with E-state index >= 15 is 0 Å². The van der Waals surface area contributed by atoms with Gasteiger partial charge in [-0.15, -0.1) is 0 Å². The molecular weight excluding hydrogens is 217 g/mol. The molecule has 2 nitrogen and oxygen atoms in total. The van der Waals surface area contributed by atoms with Crippen molar-refractivity contribution in [3.8, 4) is 0 Å². The van der Waals surface area contributed by atoms with Crippen molar-refractivity contribution < 1.29 is 9.13 Å². The van der Waals surface area contributed by atoms with Crippen LogP contribution in [0.3, 0.4) is 0 Å². The van der Waals surface area contributed by atoms with Crippen LogP contribution in [0.4, 0.5) is 4.39 Å². The summed E-state index contributed by atoms with van der Waals surface area (Å²) in [6.45, 7) is 4.91. The van der Waals surface area contributed by atoms with Gasteiger partial charge in [-0.1, -0.05) is 25.1 Å². The smallest absolute Gasteiger partial charge is 0.129 e. The molecule has 2 rings (SSSR count). The fourth-order valence-corrected chi connectivity index (χ4v) is 2.41. The fraction of sp³-hybridized carbons (Fsp3) is 0.571. The quantitative estimate of drug-likeness (QED) is 0.853. The van der Waals surface area contributed by atoms with Crippen molar-refractivity contribution in [2.24, 2.45) is 0 Å². The number of halogens is 1. The van der Waals surface area contributed by atoms with Crippen molar-refractivity contribution in [1.29, 1.82) is 0 Å². The van der Waals surface area contributed by atoms with Gasteiger partial charge in [0.15, 0.2) is 0 Å². The minimum atomic E-state index is -0.187. The normalized spacial score (nSPS) is 29.9. The number of benzene rings is 1. The molecule has 1 aromatic rings. The Bertz CT molecular complexity index is 369. The standard InChI is InChI=1S/C14H20FNO/c1-3-11-8-9-17-14(10(2)16-11)12-6-4-5-7-13(12)15/h4-7,10-11,14,16H,3,8-9H2,1-2H3. The van der Waals surface area contributed by atoms with Gasteiger partial charge >= 0.3 is 0 Å². The topological polar surface area (TPSA) is 21.3 Å². The summed E-state index contributed by atoms with van der Waals surface area (Å²) in [5, 5.41) is 3.51. The number of rotatable bonds is 2. The predicted molar refractivity (Wildman–Crippen MR) is 66.4 cm³/mol. The Morgan fingerprint density at radius 1 is 1.41 bits per heavy atom. The molecule has 1 saturated heterocycles. The zero-order valence-corrected chi connectivity index (χ0v) is 10.4. The molecule has 0 spiro atoms. The molecule has 3 heteroatoms. The van der Waals surface area contributed by atoms with Gasteiger partial charge in [-0.2, -0.15) is 0 Å². The Kier molecular flexibility index (Phi) is 4.13. The molecular formula is C14H20FNO. The molecule has 0 bridgehead atoms. The maximum Gasteiger partial charge on any atom is 0.129 e. The monoisotopic (exact) mass is 237 g/mol. The minimum Gasteiger partial charge on any atom is -0.372 e. The maximum absolute atomic E-state index is 13.8. The SMILES string of the molecule is CCC1CCOC(c2ccccc2F)C(C)N1. The van der Waals surface area contributed by atoms with Crippen LogP contribution in [0.15, 0.2) is 24.3 Å². The van der Waals surface area contributed by atoms with E-state index in [2.05, 4.69) is 19.2 Å². The van der Waals surface area contributed by atoms with Crippen LogP contribution in [0.2, 0.25) is 0 Å². The molecule has 94 valence electrons. The Labute approximate surface area is 102 Å². The summed E-state index contributed by atoms with van der Waals surface area (Å²) >= 11 is 0. The van der Waals surface area contributed by atoms with Crippen molar-refractivity contribution >= 4 is 0 Å². The van der Waals surface area contributed by atoms with E-state index in [1.807, 2.05) is 12.1 Å². The lowest BCUT2D eigenvalue weighted by atomic mass is 10.0. The molecule has 0 aliphatic carbocycles. The van der Waals surface area contributed by atoms with Gasteiger partial charge in [-0.3, -0.25) is 0 Å². The first-order chi connectivity index (χ1) is 8.22. The molecule has 1 aliphatic heterocycles. The number of ether oxygens (including phenoxy) is 1. The summed E-state index contributed by atoms with van der Waals surface area (Å²) in [5.74, 6) is -0.180. The highest BCUT2D eigenvalue weighted by Gasteiger charge is 2.27. The highest BCUT2D eigenvalue weighted by Crippen LogP contribution is 2.27. The largest absolute Gasteiger partial charge is 0.372 e. The van der Waals surface area contributed by atoms with Gasteiger partial charge in [0.1, 0.15) is 11.9 Å². The molecule has 1 aliphatic rings. The minimum absolute atomic E-state index is 0.138. The van der Waals surface area contributed by atoms with Gasteiger partial charge in [-0.25, -0.2) is 4.39 Å². The third-order valence-corrected chi connectivity index (χ3v) is 3.42. The first-order valence-electron chi connectivity index (χ1n) is 6.34. The van der Waals surface area contributed by atoms with E-state index in [1.54, 1.807) is 6.07 Å². The van der Waals surface area contributed by atoms with Gasteiger partial charge in [-0.05, 0) is 25.8 Å². The van der Waals surface area contributed by atoms with Crippen molar-refractivity contribution in [1.82, 2.24) is 5.32 Å². The summed E-state index contributed by atoms with van der Waals surface area (Å²) in [4.78, 5) is 0. The van der Waals surface area contributed by atoms with Gasteiger partial charge < -0.3 is 10.1 Å². The van der Waals surface area contributed by atoms with E-state index in [4.69, 9.17) is 4.74 Å². The van der Waals surface area contributed by atoms with Crippen molar-refractivity contribution in [2.45, 2.75) is 44.9 Å². The molecule has 0 amide bonds. The number of hydrogen-bond acceptors (Lipinski definition) is 2. The molecule has 3 atom stereocenters. The Morgan fingerprint density at radius 2 is 2.18 bits per heavy atom. The third-order valence-electron chi connectivity index (χ3n) is 3.42. The summed E-state index contributed by atoms with van der Waals surface area (Å²) in [6.07, 6.45) is 1.89. The Balaban J connectivity index is 2.18. The summed E-state index contributed by atoms with van der Waals surface area (Å²) in [5.41, 5.74) is 0.657. The summed E-state index contributed by atoms with van der Waals surface area (Å²) in [6, 6.07) is 7.48. The Hall–Kier alpha value is -0.930. The average Bonchev–Trinajstić information content (AvgIpc) is 2.52. The van der Waals surface area contributed by atoms with Crippen molar-refractivity contribution in [2.75, 3.05) is 6.61 Å². The number of nitrogens with one attached hydrogen (secondary N) is 1. The molecule has 17 heavy (non-hydrogen) atoms. The molecule has 1 aromatic carbocycles. The fourth-order valence-electron chi connectivity index (χ4n) is 2.41. The van der Waals surface area contributed by atoms with Crippen LogP contribution < -0.4 is 5.32 Å². The zero-order chi connectivity index (χ0) is 12.3. The van der Waals surface area contributed by atoms with Gasteiger partial charge in [0.2, 0.25) is 0 Å². The van der Waals surface area contributed by atoms with Crippen LogP contribution in [-0.4, -0.2) is 18.7 Å². The molecule has 0 saturated carbocycles. The second-order valence-corrected chi connectivity index (χ2v) is 4.66. The van der Waals surface area contributed by atoms with E-state index in [0.717, 1.165) is 12.8 Å². The second-order valence-electron chi connectivity index (χ2n) is 4.66. The van der Waals surface area contributed by atoms with E-state index < -0.39 is 0 Å². The van der Waals surface area contributed by atoms with Crippen LogP contribution in [0.5, 0.6) is 0 Å². The van der Waals surface area contributed by atoms with E-state index in [9.17, 15) is 4.39 Å². The first-order valence-corrected chi connectivity index (χ1v) is 6.34. The summed E-state index contributed by atoms with van der Waals surface area (Å²) < 4.78 is 19.6. The lowest BCUT2D eigenvalue weighted by Crippen LogP contribution is -2.38. The lowest BCUT2D eigenvalue weighted by Gasteiger charge is -2.24. The van der Waals surface area contributed by atoms with Gasteiger partial charge in [0, 0.05) is 24.3 Å². The highest BCUT2D eigenvalue weighted by atomic mass is 19.1. The van der Waals surface area contributed by atoms with Crippen LogP contribution in [-0.2, 0) is 4.74 Å². The molecule has 1 N–H and O–H groups in total. The van der Waals surface area contributed by atoms with E-state index in [0.29, 0.717) is 18.2 Å². The molecule has 1 fully saturated rings.